The molecule has 3 aromatic rings. The van der Waals surface area contributed by atoms with Crippen LogP contribution in [0.2, 0.25) is 0 Å². The number of hydrogen-bond donors (Lipinski definition) is 1. The zero-order valence-corrected chi connectivity index (χ0v) is 16.9. The number of rotatable bonds is 6. The van der Waals surface area contributed by atoms with E-state index in [1.165, 1.54) is 0 Å². The van der Waals surface area contributed by atoms with E-state index in [4.69, 9.17) is 5.10 Å². The topological polar surface area (TPSA) is 74.7 Å². The standard InChI is InChI=1S/C21H21BrN4O/c1-3-21(27)12-20-11-18(10-15-4-5-17(22)9-16(15)13-23)25-26(20)19-6-7-24-14(2)8-19/h4-9,11,21,27H,3,10,12H2,1-2H3. The molecule has 1 unspecified atom stereocenters. The summed E-state index contributed by atoms with van der Waals surface area (Å²) in [5.41, 5.74) is 5.20. The second-order valence-corrected chi connectivity index (χ2v) is 7.47. The predicted octanol–water partition coefficient (Wildman–Crippen LogP) is 4.11. The highest BCUT2D eigenvalue weighted by Gasteiger charge is 2.15. The molecular weight excluding hydrogens is 404 g/mol. The molecule has 0 amide bonds. The molecule has 1 atom stereocenters. The third kappa shape index (κ3) is 4.62. The Balaban J connectivity index is 2.00. The first-order chi connectivity index (χ1) is 13.0. The first kappa shape index (κ1) is 19.3. The molecule has 0 bridgehead atoms. The smallest absolute Gasteiger partial charge is 0.0995 e. The summed E-state index contributed by atoms with van der Waals surface area (Å²) in [6.45, 7) is 3.90. The van der Waals surface area contributed by atoms with E-state index in [9.17, 15) is 10.4 Å². The van der Waals surface area contributed by atoms with Crippen LogP contribution in [0.4, 0.5) is 0 Å². The van der Waals surface area contributed by atoms with Crippen molar-refractivity contribution in [3.8, 4) is 11.8 Å². The van der Waals surface area contributed by atoms with Gasteiger partial charge in [-0.1, -0.05) is 28.9 Å². The number of nitrogens with zero attached hydrogens (tertiary/aromatic N) is 4. The molecule has 2 aromatic heterocycles. The Morgan fingerprint density at radius 3 is 2.78 bits per heavy atom. The Morgan fingerprint density at radius 1 is 1.26 bits per heavy atom. The summed E-state index contributed by atoms with van der Waals surface area (Å²) in [7, 11) is 0. The maximum atomic E-state index is 10.1. The Kier molecular flexibility index (Phi) is 6.04. The van der Waals surface area contributed by atoms with Gasteiger partial charge in [0.1, 0.15) is 0 Å². The van der Waals surface area contributed by atoms with Crippen LogP contribution in [-0.2, 0) is 12.8 Å². The van der Waals surface area contributed by atoms with Crippen LogP contribution < -0.4 is 0 Å². The maximum Gasteiger partial charge on any atom is 0.0995 e. The Labute approximate surface area is 167 Å². The van der Waals surface area contributed by atoms with Gasteiger partial charge >= 0.3 is 0 Å². The predicted molar refractivity (Wildman–Crippen MR) is 108 cm³/mol. The molecule has 27 heavy (non-hydrogen) atoms. The second-order valence-electron chi connectivity index (χ2n) is 6.55. The minimum absolute atomic E-state index is 0.418. The van der Waals surface area contributed by atoms with Gasteiger partial charge in [-0.3, -0.25) is 4.98 Å². The van der Waals surface area contributed by atoms with Gasteiger partial charge in [-0.05, 0) is 49.2 Å². The fourth-order valence-corrected chi connectivity index (χ4v) is 3.34. The number of hydrogen-bond acceptors (Lipinski definition) is 4. The Hall–Kier alpha value is -2.49. The number of nitriles is 1. The van der Waals surface area contributed by atoms with Crippen molar-refractivity contribution in [1.29, 1.82) is 5.26 Å². The molecule has 1 aromatic carbocycles. The van der Waals surface area contributed by atoms with Crippen molar-refractivity contribution in [3.63, 3.8) is 0 Å². The highest BCUT2D eigenvalue weighted by Crippen LogP contribution is 2.21. The van der Waals surface area contributed by atoms with Gasteiger partial charge < -0.3 is 5.11 Å². The van der Waals surface area contributed by atoms with Crippen LogP contribution in [0.1, 0.15) is 41.6 Å². The third-order valence-corrected chi connectivity index (χ3v) is 4.93. The zero-order valence-electron chi connectivity index (χ0n) is 15.4. The lowest BCUT2D eigenvalue weighted by Crippen LogP contribution is -2.12. The normalized spacial score (nSPS) is 12.0. The van der Waals surface area contributed by atoms with Crippen LogP contribution in [0.25, 0.3) is 5.69 Å². The molecule has 2 heterocycles. The SMILES string of the molecule is CCC(O)Cc1cc(Cc2ccc(Br)cc2C#N)nn1-c1ccnc(C)c1. The molecule has 0 spiro atoms. The van der Waals surface area contributed by atoms with Crippen LogP contribution >= 0.6 is 15.9 Å². The molecule has 0 aliphatic carbocycles. The van der Waals surface area contributed by atoms with Gasteiger partial charge in [0, 0.05) is 34.9 Å². The largest absolute Gasteiger partial charge is 0.393 e. The average Bonchev–Trinajstić information content (AvgIpc) is 3.05. The molecule has 0 saturated heterocycles. The fourth-order valence-electron chi connectivity index (χ4n) is 2.98. The third-order valence-electron chi connectivity index (χ3n) is 4.44. The Bertz CT molecular complexity index is 990. The molecule has 6 heteroatoms. The minimum Gasteiger partial charge on any atom is -0.393 e. The summed E-state index contributed by atoms with van der Waals surface area (Å²) in [6.07, 6.45) is 3.10. The van der Waals surface area contributed by atoms with Gasteiger partial charge in [0.15, 0.2) is 0 Å². The van der Waals surface area contributed by atoms with Crippen molar-refractivity contribution < 1.29 is 5.11 Å². The fraction of sp³-hybridized carbons (Fsp3) is 0.286. The van der Waals surface area contributed by atoms with Gasteiger partial charge in [0.05, 0.1) is 29.1 Å². The number of benzene rings is 1. The van der Waals surface area contributed by atoms with Gasteiger partial charge in [-0.25, -0.2) is 4.68 Å². The lowest BCUT2D eigenvalue weighted by Gasteiger charge is -2.10. The summed E-state index contributed by atoms with van der Waals surface area (Å²) in [5.74, 6) is 0. The van der Waals surface area contributed by atoms with Crippen molar-refractivity contribution in [1.82, 2.24) is 14.8 Å². The van der Waals surface area contributed by atoms with Gasteiger partial charge in [-0.2, -0.15) is 10.4 Å². The number of aliphatic hydroxyl groups is 1. The number of aromatic nitrogens is 3. The first-order valence-corrected chi connectivity index (χ1v) is 9.67. The van der Waals surface area contributed by atoms with Gasteiger partial charge in [0.2, 0.25) is 0 Å². The lowest BCUT2D eigenvalue weighted by molar-refractivity contribution is 0.169. The summed E-state index contributed by atoms with van der Waals surface area (Å²) in [6, 6.07) is 13.8. The quantitative estimate of drug-likeness (QED) is 0.645. The van der Waals surface area contributed by atoms with E-state index in [0.717, 1.165) is 32.8 Å². The van der Waals surface area contributed by atoms with Crippen LogP contribution in [0, 0.1) is 18.3 Å². The van der Waals surface area contributed by atoms with E-state index in [2.05, 4.69) is 27.0 Å². The Morgan fingerprint density at radius 2 is 2.07 bits per heavy atom. The van der Waals surface area contributed by atoms with Crippen molar-refractivity contribution in [2.75, 3.05) is 0 Å². The maximum absolute atomic E-state index is 10.1. The van der Waals surface area contributed by atoms with E-state index in [1.807, 2.05) is 54.9 Å². The van der Waals surface area contributed by atoms with Gasteiger partial charge in [0.25, 0.3) is 0 Å². The van der Waals surface area contributed by atoms with Crippen LogP contribution in [0.3, 0.4) is 0 Å². The second kappa shape index (κ2) is 8.47. The van der Waals surface area contributed by atoms with Crippen molar-refractivity contribution in [2.45, 2.75) is 39.2 Å². The van der Waals surface area contributed by atoms with Crippen LogP contribution in [-0.4, -0.2) is 26.0 Å². The molecule has 0 aliphatic heterocycles. The summed E-state index contributed by atoms with van der Waals surface area (Å²) >= 11 is 3.41. The molecule has 0 aliphatic rings. The molecule has 138 valence electrons. The van der Waals surface area contributed by atoms with E-state index in [-0.39, 0.29) is 0 Å². The summed E-state index contributed by atoms with van der Waals surface area (Å²) in [4.78, 5) is 4.25. The summed E-state index contributed by atoms with van der Waals surface area (Å²) < 4.78 is 2.75. The number of pyridine rings is 1. The number of aryl methyl sites for hydroxylation is 1. The molecule has 3 rings (SSSR count). The average molecular weight is 425 g/mol. The molecule has 1 N–H and O–H groups in total. The van der Waals surface area contributed by atoms with Gasteiger partial charge in [-0.15, -0.1) is 0 Å². The van der Waals surface area contributed by atoms with E-state index in [1.54, 1.807) is 6.20 Å². The van der Waals surface area contributed by atoms with Crippen LogP contribution in [0.5, 0.6) is 0 Å². The monoisotopic (exact) mass is 424 g/mol. The lowest BCUT2D eigenvalue weighted by atomic mass is 10.0. The van der Waals surface area contributed by atoms with Crippen molar-refractivity contribution in [2.24, 2.45) is 0 Å². The summed E-state index contributed by atoms with van der Waals surface area (Å²) in [5, 5.41) is 24.3. The number of aliphatic hydroxyl groups excluding tert-OH is 1. The van der Waals surface area contributed by atoms with Crippen molar-refractivity contribution >= 4 is 15.9 Å². The molecule has 5 nitrogen and oxygen atoms in total. The first-order valence-electron chi connectivity index (χ1n) is 8.87. The molecule has 0 radical (unpaired) electrons. The zero-order chi connectivity index (χ0) is 19.4. The van der Waals surface area contributed by atoms with E-state index < -0.39 is 6.10 Å². The number of halogens is 1. The van der Waals surface area contributed by atoms with Crippen molar-refractivity contribution in [3.05, 3.63) is 75.3 Å². The van der Waals surface area contributed by atoms with E-state index >= 15 is 0 Å². The molecule has 0 saturated carbocycles. The highest BCUT2D eigenvalue weighted by molar-refractivity contribution is 9.10. The van der Waals surface area contributed by atoms with Crippen LogP contribution in [0.15, 0.2) is 47.1 Å². The molecular formula is C21H21BrN4O. The van der Waals surface area contributed by atoms with E-state index in [0.29, 0.717) is 24.8 Å². The minimum atomic E-state index is -0.418. The molecule has 0 fully saturated rings. The highest BCUT2D eigenvalue weighted by atomic mass is 79.9.